The molecule has 1 aromatic carbocycles. The molecule has 2 saturated heterocycles. The fraction of sp³-hybridized carbons (Fsp3) is 0.400. The zero-order chi connectivity index (χ0) is 21.3. The van der Waals surface area contributed by atoms with E-state index in [-0.39, 0.29) is 42.9 Å². The lowest BCUT2D eigenvalue weighted by atomic mass is 10.1. The Hall–Kier alpha value is -2.30. The first-order valence-corrected chi connectivity index (χ1v) is 12.1. The lowest BCUT2D eigenvalue weighted by Crippen LogP contribution is -2.55. The van der Waals surface area contributed by atoms with Gasteiger partial charge in [-0.15, -0.1) is 11.3 Å². The summed E-state index contributed by atoms with van der Waals surface area (Å²) in [4.78, 5) is 29.7. The number of benzene rings is 1. The van der Waals surface area contributed by atoms with Crippen molar-refractivity contribution in [2.24, 2.45) is 0 Å². The minimum absolute atomic E-state index is 0.0344. The van der Waals surface area contributed by atoms with Crippen LogP contribution in [0.4, 0.5) is 4.39 Å². The molecular weight excluding hydrogens is 429 g/mol. The van der Waals surface area contributed by atoms with Crippen LogP contribution < -0.4 is 0 Å². The standard InChI is InChI=1S/C20H22FN3O4S2/c21-15-5-7-16(8-6-15)30(27,28)23-12-10-22(11-13-23)19(25)17-3-1-9-24(17)20(26)18-4-2-14-29-18/h2,4-8,14,17H,1,3,9-13H2/t17-/m1/s1. The van der Waals surface area contributed by atoms with Crippen LogP contribution in [0.5, 0.6) is 0 Å². The average Bonchev–Trinajstić information content (AvgIpc) is 3.45. The molecule has 160 valence electrons. The van der Waals surface area contributed by atoms with Gasteiger partial charge in [0.15, 0.2) is 0 Å². The molecule has 0 bridgehead atoms. The molecule has 3 heterocycles. The van der Waals surface area contributed by atoms with Crippen LogP contribution in [0.25, 0.3) is 0 Å². The first kappa shape index (κ1) is 21.0. The molecule has 1 aromatic heterocycles. The van der Waals surface area contributed by atoms with E-state index in [1.54, 1.807) is 15.9 Å². The first-order valence-electron chi connectivity index (χ1n) is 9.77. The largest absolute Gasteiger partial charge is 0.338 e. The number of likely N-dealkylation sites (tertiary alicyclic amines) is 1. The summed E-state index contributed by atoms with van der Waals surface area (Å²) < 4.78 is 39.9. The number of rotatable bonds is 4. The minimum Gasteiger partial charge on any atom is -0.338 e. The van der Waals surface area contributed by atoms with E-state index in [0.29, 0.717) is 17.8 Å². The van der Waals surface area contributed by atoms with Gasteiger partial charge in [-0.1, -0.05) is 6.07 Å². The second-order valence-corrected chi connectivity index (χ2v) is 10.2. The maximum absolute atomic E-state index is 13.1. The molecule has 10 heteroatoms. The Morgan fingerprint density at radius 2 is 1.70 bits per heavy atom. The number of sulfonamides is 1. The monoisotopic (exact) mass is 451 g/mol. The second kappa shape index (κ2) is 8.44. The highest BCUT2D eigenvalue weighted by Gasteiger charge is 2.39. The Balaban J connectivity index is 1.40. The van der Waals surface area contributed by atoms with E-state index in [9.17, 15) is 22.4 Å². The molecule has 0 aliphatic carbocycles. The van der Waals surface area contributed by atoms with Crippen LogP contribution in [0.15, 0.2) is 46.7 Å². The van der Waals surface area contributed by atoms with Crippen molar-refractivity contribution in [3.8, 4) is 0 Å². The molecule has 1 atom stereocenters. The molecule has 2 amide bonds. The third-order valence-electron chi connectivity index (χ3n) is 5.53. The molecule has 2 aliphatic heterocycles. The summed E-state index contributed by atoms with van der Waals surface area (Å²) in [5.41, 5.74) is 0. The highest BCUT2D eigenvalue weighted by molar-refractivity contribution is 7.89. The van der Waals surface area contributed by atoms with Crippen LogP contribution in [0.1, 0.15) is 22.5 Å². The van der Waals surface area contributed by atoms with Gasteiger partial charge in [-0.05, 0) is 48.6 Å². The lowest BCUT2D eigenvalue weighted by molar-refractivity contribution is -0.136. The van der Waals surface area contributed by atoms with Crippen molar-refractivity contribution in [3.63, 3.8) is 0 Å². The number of nitrogens with zero attached hydrogens (tertiary/aromatic N) is 3. The molecule has 0 radical (unpaired) electrons. The van der Waals surface area contributed by atoms with Crippen molar-refractivity contribution >= 4 is 33.2 Å². The number of carbonyl (C=O) groups is 2. The fourth-order valence-electron chi connectivity index (χ4n) is 3.92. The van der Waals surface area contributed by atoms with Crippen molar-refractivity contribution in [1.82, 2.24) is 14.1 Å². The van der Waals surface area contributed by atoms with Gasteiger partial charge in [-0.3, -0.25) is 9.59 Å². The fourth-order valence-corrected chi connectivity index (χ4v) is 6.02. The van der Waals surface area contributed by atoms with Gasteiger partial charge in [0, 0.05) is 32.7 Å². The summed E-state index contributed by atoms with van der Waals surface area (Å²) in [5, 5.41) is 1.83. The van der Waals surface area contributed by atoms with Gasteiger partial charge < -0.3 is 9.80 Å². The van der Waals surface area contributed by atoms with Crippen molar-refractivity contribution in [3.05, 3.63) is 52.5 Å². The van der Waals surface area contributed by atoms with E-state index in [1.165, 1.54) is 27.8 Å². The maximum atomic E-state index is 13.1. The maximum Gasteiger partial charge on any atom is 0.264 e. The predicted octanol–water partition coefficient (Wildman–Crippen LogP) is 2.02. The van der Waals surface area contributed by atoms with Gasteiger partial charge >= 0.3 is 0 Å². The predicted molar refractivity (Wildman–Crippen MR) is 110 cm³/mol. The molecule has 0 spiro atoms. The number of carbonyl (C=O) groups excluding carboxylic acids is 2. The van der Waals surface area contributed by atoms with Crippen molar-refractivity contribution in [1.29, 1.82) is 0 Å². The Bertz CT molecular complexity index is 1020. The average molecular weight is 452 g/mol. The zero-order valence-electron chi connectivity index (χ0n) is 16.2. The third-order valence-corrected chi connectivity index (χ3v) is 8.30. The van der Waals surface area contributed by atoms with Gasteiger partial charge in [-0.2, -0.15) is 4.31 Å². The van der Waals surface area contributed by atoms with E-state index >= 15 is 0 Å². The topological polar surface area (TPSA) is 78.0 Å². The first-order chi connectivity index (χ1) is 14.4. The molecule has 0 unspecified atom stereocenters. The zero-order valence-corrected chi connectivity index (χ0v) is 17.9. The third kappa shape index (κ3) is 3.99. The van der Waals surface area contributed by atoms with Gasteiger partial charge in [0.2, 0.25) is 15.9 Å². The smallest absolute Gasteiger partial charge is 0.264 e. The molecule has 4 rings (SSSR count). The van der Waals surface area contributed by atoms with E-state index in [1.807, 2.05) is 11.4 Å². The van der Waals surface area contributed by atoms with Crippen LogP contribution in [0, 0.1) is 5.82 Å². The van der Waals surface area contributed by atoms with Crippen LogP contribution in [0.3, 0.4) is 0 Å². The second-order valence-electron chi connectivity index (χ2n) is 7.32. The van der Waals surface area contributed by atoms with Gasteiger partial charge in [0.25, 0.3) is 5.91 Å². The normalized spacial score (nSPS) is 20.5. The van der Waals surface area contributed by atoms with Gasteiger partial charge in [0.1, 0.15) is 11.9 Å². The van der Waals surface area contributed by atoms with Crippen LogP contribution >= 0.6 is 11.3 Å². The molecule has 2 fully saturated rings. The van der Waals surface area contributed by atoms with Gasteiger partial charge in [0.05, 0.1) is 9.77 Å². The summed E-state index contributed by atoms with van der Waals surface area (Å²) >= 11 is 1.36. The van der Waals surface area contributed by atoms with Crippen molar-refractivity contribution in [2.75, 3.05) is 32.7 Å². The lowest BCUT2D eigenvalue weighted by Gasteiger charge is -2.36. The number of thiophene rings is 1. The Labute approximate surface area is 178 Å². The Morgan fingerprint density at radius 3 is 2.33 bits per heavy atom. The van der Waals surface area contributed by atoms with E-state index in [0.717, 1.165) is 18.6 Å². The SMILES string of the molecule is O=C([C@H]1CCCN1C(=O)c1cccs1)N1CCN(S(=O)(=O)c2ccc(F)cc2)CC1. The van der Waals surface area contributed by atoms with E-state index < -0.39 is 21.9 Å². The summed E-state index contributed by atoms with van der Waals surface area (Å²) in [7, 11) is -3.74. The van der Waals surface area contributed by atoms with Crippen molar-refractivity contribution in [2.45, 2.75) is 23.8 Å². The van der Waals surface area contributed by atoms with Crippen LogP contribution in [-0.2, 0) is 14.8 Å². The molecular formula is C20H22FN3O4S2. The van der Waals surface area contributed by atoms with Crippen LogP contribution in [0.2, 0.25) is 0 Å². The molecule has 30 heavy (non-hydrogen) atoms. The van der Waals surface area contributed by atoms with E-state index in [2.05, 4.69) is 0 Å². The number of piperazine rings is 1. The highest BCUT2D eigenvalue weighted by Crippen LogP contribution is 2.25. The Kier molecular flexibility index (Phi) is 5.90. The highest BCUT2D eigenvalue weighted by atomic mass is 32.2. The Morgan fingerprint density at radius 1 is 1.00 bits per heavy atom. The molecule has 7 nitrogen and oxygen atoms in total. The summed E-state index contributed by atoms with van der Waals surface area (Å²) in [6.45, 7) is 1.40. The molecule has 2 aromatic rings. The van der Waals surface area contributed by atoms with Gasteiger partial charge in [-0.25, -0.2) is 12.8 Å². The number of hydrogen-bond acceptors (Lipinski definition) is 5. The molecule has 0 N–H and O–H groups in total. The molecule has 2 aliphatic rings. The van der Waals surface area contributed by atoms with Crippen molar-refractivity contribution < 1.29 is 22.4 Å². The quantitative estimate of drug-likeness (QED) is 0.713. The summed E-state index contributed by atoms with van der Waals surface area (Å²) in [6.07, 6.45) is 1.39. The minimum atomic E-state index is -3.74. The van der Waals surface area contributed by atoms with Crippen LogP contribution in [-0.4, -0.2) is 73.1 Å². The van der Waals surface area contributed by atoms with E-state index in [4.69, 9.17) is 0 Å². The summed E-state index contributed by atoms with van der Waals surface area (Å²) in [5.74, 6) is -0.753. The number of halogens is 1. The number of hydrogen-bond donors (Lipinski definition) is 0. The summed E-state index contributed by atoms with van der Waals surface area (Å²) in [6, 6.07) is 7.79. The molecule has 0 saturated carbocycles. The number of amides is 2.